The molecule has 162 valence electrons. The molecule has 0 aliphatic carbocycles. The molecule has 3 rings (SSSR count). The minimum absolute atomic E-state index is 0.0501. The summed E-state index contributed by atoms with van der Waals surface area (Å²) in [7, 11) is 0. The average molecular weight is 422 g/mol. The number of hydrogen-bond acceptors (Lipinski definition) is 6. The number of phenols is 4. The molecule has 0 radical (unpaired) electrons. The van der Waals surface area contributed by atoms with Gasteiger partial charge in [0, 0.05) is 17.2 Å². The first-order valence-corrected chi connectivity index (χ1v) is 9.91. The lowest BCUT2D eigenvalue weighted by molar-refractivity contribution is 0.400. The lowest BCUT2D eigenvalue weighted by atomic mass is 9.98. The van der Waals surface area contributed by atoms with Crippen molar-refractivity contribution in [2.45, 2.75) is 40.5 Å². The second-order valence-electron chi connectivity index (χ2n) is 8.05. The van der Waals surface area contributed by atoms with Crippen LogP contribution < -0.4 is 5.43 Å². The van der Waals surface area contributed by atoms with Crippen LogP contribution in [0.4, 0.5) is 0 Å². The zero-order chi connectivity index (χ0) is 22.9. The van der Waals surface area contributed by atoms with E-state index in [0.717, 1.165) is 11.1 Å². The van der Waals surface area contributed by atoms with Crippen molar-refractivity contribution in [1.82, 2.24) is 0 Å². The summed E-state index contributed by atoms with van der Waals surface area (Å²) >= 11 is 0. The summed E-state index contributed by atoms with van der Waals surface area (Å²) in [6.45, 7) is 7.63. The second-order valence-corrected chi connectivity index (χ2v) is 8.05. The van der Waals surface area contributed by atoms with Crippen LogP contribution in [0.5, 0.6) is 23.0 Å². The molecule has 0 fully saturated rings. The SMILES string of the molecule is CC(C)=CCc1cc(-c2coc3cc(O)c(CC=C(C)C)c(O)c3c2=O)cc(O)c1O. The molecule has 6 heteroatoms. The van der Waals surface area contributed by atoms with Crippen molar-refractivity contribution in [3.8, 4) is 34.1 Å². The monoisotopic (exact) mass is 422 g/mol. The largest absolute Gasteiger partial charge is 0.507 e. The first-order chi connectivity index (χ1) is 14.6. The lowest BCUT2D eigenvalue weighted by Gasteiger charge is -2.11. The Bertz CT molecular complexity index is 1270. The topological polar surface area (TPSA) is 111 Å². The van der Waals surface area contributed by atoms with Crippen molar-refractivity contribution in [2.24, 2.45) is 0 Å². The number of allylic oxidation sites excluding steroid dienone is 4. The number of rotatable bonds is 5. The van der Waals surface area contributed by atoms with E-state index in [0.29, 0.717) is 17.5 Å². The van der Waals surface area contributed by atoms with E-state index < -0.39 is 5.43 Å². The van der Waals surface area contributed by atoms with Crippen LogP contribution in [0.3, 0.4) is 0 Å². The molecule has 0 aliphatic rings. The fourth-order valence-corrected chi connectivity index (χ4v) is 3.30. The number of aromatic hydroxyl groups is 4. The van der Waals surface area contributed by atoms with Crippen molar-refractivity contribution >= 4 is 11.0 Å². The van der Waals surface area contributed by atoms with Gasteiger partial charge in [0.05, 0.1) is 5.56 Å². The maximum Gasteiger partial charge on any atom is 0.204 e. The predicted molar refractivity (Wildman–Crippen MR) is 121 cm³/mol. The molecule has 0 saturated carbocycles. The van der Waals surface area contributed by atoms with Gasteiger partial charge in [0.25, 0.3) is 0 Å². The zero-order valence-electron chi connectivity index (χ0n) is 18.0. The summed E-state index contributed by atoms with van der Waals surface area (Å²) in [5.41, 5.74) is 2.75. The lowest BCUT2D eigenvalue weighted by Crippen LogP contribution is -2.06. The van der Waals surface area contributed by atoms with E-state index in [1.807, 2.05) is 39.8 Å². The third-order valence-corrected chi connectivity index (χ3v) is 5.05. The van der Waals surface area contributed by atoms with Gasteiger partial charge < -0.3 is 24.8 Å². The van der Waals surface area contributed by atoms with Crippen molar-refractivity contribution in [3.05, 3.63) is 69.1 Å². The molecule has 6 nitrogen and oxygen atoms in total. The third-order valence-electron chi connectivity index (χ3n) is 5.05. The fourth-order valence-electron chi connectivity index (χ4n) is 3.30. The van der Waals surface area contributed by atoms with Crippen LogP contribution in [0.1, 0.15) is 38.8 Å². The van der Waals surface area contributed by atoms with Gasteiger partial charge in [-0.1, -0.05) is 23.3 Å². The maximum absolute atomic E-state index is 13.3. The third kappa shape index (κ3) is 4.43. The molecule has 0 saturated heterocycles. The quantitative estimate of drug-likeness (QED) is 0.328. The van der Waals surface area contributed by atoms with Crippen LogP contribution in [0.25, 0.3) is 22.1 Å². The fraction of sp³-hybridized carbons (Fsp3) is 0.240. The van der Waals surface area contributed by atoms with Crippen molar-refractivity contribution in [3.63, 3.8) is 0 Å². The van der Waals surface area contributed by atoms with E-state index in [-0.39, 0.29) is 51.5 Å². The highest BCUT2D eigenvalue weighted by Crippen LogP contribution is 2.38. The maximum atomic E-state index is 13.3. The van der Waals surface area contributed by atoms with Gasteiger partial charge in [-0.15, -0.1) is 0 Å². The number of hydrogen-bond donors (Lipinski definition) is 4. The minimum Gasteiger partial charge on any atom is -0.507 e. The molecule has 0 bridgehead atoms. The van der Waals surface area contributed by atoms with E-state index in [4.69, 9.17) is 4.42 Å². The Morgan fingerprint density at radius 1 is 0.871 bits per heavy atom. The Hall–Kier alpha value is -3.67. The van der Waals surface area contributed by atoms with E-state index in [1.54, 1.807) is 6.07 Å². The summed E-state index contributed by atoms with van der Waals surface area (Å²) in [6.07, 6.45) is 5.58. The Labute approximate surface area is 180 Å². The Morgan fingerprint density at radius 3 is 2.16 bits per heavy atom. The minimum atomic E-state index is -0.504. The molecule has 1 heterocycles. The molecule has 0 aliphatic heterocycles. The summed E-state index contributed by atoms with van der Waals surface area (Å²) in [6, 6.07) is 4.19. The first kappa shape index (κ1) is 22.0. The molecule has 31 heavy (non-hydrogen) atoms. The van der Waals surface area contributed by atoms with Crippen LogP contribution in [-0.2, 0) is 12.8 Å². The Balaban J connectivity index is 2.23. The molecule has 1 aromatic heterocycles. The number of phenolic OH excluding ortho intramolecular Hbond substituents is 4. The van der Waals surface area contributed by atoms with Crippen molar-refractivity contribution in [2.75, 3.05) is 0 Å². The Morgan fingerprint density at radius 2 is 1.52 bits per heavy atom. The van der Waals surface area contributed by atoms with E-state index in [2.05, 4.69) is 0 Å². The van der Waals surface area contributed by atoms with Crippen LogP contribution in [0, 0.1) is 0 Å². The molecule has 2 aromatic carbocycles. The van der Waals surface area contributed by atoms with E-state index in [1.165, 1.54) is 18.4 Å². The molecule has 0 amide bonds. The van der Waals surface area contributed by atoms with Crippen molar-refractivity contribution in [1.29, 1.82) is 0 Å². The van der Waals surface area contributed by atoms with Gasteiger partial charge in [0.1, 0.15) is 28.7 Å². The molecular weight excluding hydrogens is 396 g/mol. The summed E-state index contributed by atoms with van der Waals surface area (Å²) in [5, 5.41) is 41.3. The molecule has 0 unspecified atom stereocenters. The van der Waals surface area contributed by atoms with Crippen LogP contribution in [-0.4, -0.2) is 20.4 Å². The zero-order valence-corrected chi connectivity index (χ0v) is 18.0. The van der Waals surface area contributed by atoms with Gasteiger partial charge in [0.15, 0.2) is 11.5 Å². The van der Waals surface area contributed by atoms with E-state index >= 15 is 0 Å². The normalized spacial score (nSPS) is 10.8. The number of fused-ring (bicyclic) bond motifs is 1. The van der Waals surface area contributed by atoms with Gasteiger partial charge in [-0.05, 0) is 58.2 Å². The van der Waals surface area contributed by atoms with Gasteiger partial charge >= 0.3 is 0 Å². The highest BCUT2D eigenvalue weighted by Gasteiger charge is 2.20. The van der Waals surface area contributed by atoms with Gasteiger partial charge in [0.2, 0.25) is 5.43 Å². The van der Waals surface area contributed by atoms with Gasteiger partial charge in [-0.2, -0.15) is 0 Å². The smallest absolute Gasteiger partial charge is 0.204 e. The summed E-state index contributed by atoms with van der Waals surface area (Å²) in [5.74, 6) is -1.10. The van der Waals surface area contributed by atoms with Gasteiger partial charge in [-0.3, -0.25) is 4.79 Å². The van der Waals surface area contributed by atoms with Crippen LogP contribution >= 0.6 is 0 Å². The van der Waals surface area contributed by atoms with Gasteiger partial charge in [-0.25, -0.2) is 0 Å². The Kier molecular flexibility index (Phi) is 6.11. The summed E-state index contributed by atoms with van der Waals surface area (Å²) < 4.78 is 5.54. The highest BCUT2D eigenvalue weighted by molar-refractivity contribution is 5.90. The van der Waals surface area contributed by atoms with Crippen molar-refractivity contribution < 1.29 is 24.8 Å². The second kappa shape index (κ2) is 8.60. The standard InChI is InChI=1S/C25H26O6/c1-13(2)5-7-15-9-16(10-20(27)23(15)28)18-12-31-21-11-19(26)17(8-6-14(3)4)24(29)22(21)25(18)30/h5-6,9-12,26-29H,7-8H2,1-4H3. The molecular formula is C25H26O6. The first-order valence-electron chi connectivity index (χ1n) is 9.91. The predicted octanol–water partition coefficient (Wildman–Crippen LogP) is 5.30. The molecule has 0 atom stereocenters. The van der Waals surface area contributed by atoms with E-state index in [9.17, 15) is 25.2 Å². The van der Waals surface area contributed by atoms with Crippen LogP contribution in [0.2, 0.25) is 0 Å². The van der Waals surface area contributed by atoms with Crippen LogP contribution in [0.15, 0.2) is 57.0 Å². The highest BCUT2D eigenvalue weighted by atomic mass is 16.3. The molecule has 3 aromatic rings. The average Bonchev–Trinajstić information content (AvgIpc) is 2.68. The molecule has 0 spiro atoms. The summed E-state index contributed by atoms with van der Waals surface area (Å²) in [4.78, 5) is 13.3. The number of benzene rings is 2. The molecule has 4 N–H and O–H groups in total.